The van der Waals surface area contributed by atoms with Crippen LogP contribution in [0.5, 0.6) is 0 Å². The Morgan fingerprint density at radius 1 is 1.48 bits per heavy atom. The molecule has 1 aliphatic carbocycles. The number of nitrogens with zero attached hydrogens (tertiary/aromatic N) is 1. The van der Waals surface area contributed by atoms with Crippen molar-refractivity contribution >= 4 is 23.5 Å². The molecule has 0 bridgehead atoms. The van der Waals surface area contributed by atoms with Gasteiger partial charge >= 0.3 is 6.09 Å². The van der Waals surface area contributed by atoms with Gasteiger partial charge in [0.25, 0.3) is 0 Å². The summed E-state index contributed by atoms with van der Waals surface area (Å²) in [4.78, 5) is 27.1. The topological polar surface area (TPSA) is 81.4 Å². The number of hydrogen-bond acceptors (Lipinski definition) is 5. The third-order valence-electron chi connectivity index (χ3n) is 4.08. The number of aldehydes is 1. The molecule has 2 aromatic rings. The number of aromatic nitrogens is 1. The highest BCUT2D eigenvalue weighted by Gasteiger charge is 2.28. The average molecular weight is 348 g/mol. The number of hydrogen-bond donors (Lipinski definition) is 1. The lowest BCUT2D eigenvalue weighted by Crippen LogP contribution is -2.34. The Morgan fingerprint density at radius 3 is 2.84 bits per heavy atom. The number of oxazole rings is 1. The molecule has 3 rings (SSSR count). The molecule has 7 heteroatoms. The van der Waals surface area contributed by atoms with Crippen LogP contribution in [-0.2, 0) is 22.4 Å². The first kappa shape index (κ1) is 17.4. The van der Waals surface area contributed by atoms with E-state index >= 15 is 0 Å². The summed E-state index contributed by atoms with van der Waals surface area (Å²) >= 11 is 0. The second-order valence-corrected chi connectivity index (χ2v) is 7.40. The molecule has 1 N–H and O–H groups in total. The van der Waals surface area contributed by atoms with E-state index in [-0.39, 0.29) is 17.4 Å². The van der Waals surface area contributed by atoms with Crippen molar-refractivity contribution in [3.05, 3.63) is 28.9 Å². The summed E-state index contributed by atoms with van der Waals surface area (Å²) in [5.41, 5.74) is 1.12. The second-order valence-electron chi connectivity index (χ2n) is 7.40. The molecule has 0 fully saturated rings. The van der Waals surface area contributed by atoms with E-state index < -0.39 is 23.6 Å². The van der Waals surface area contributed by atoms with Gasteiger partial charge in [-0.1, -0.05) is 0 Å². The fourth-order valence-corrected chi connectivity index (χ4v) is 2.98. The van der Waals surface area contributed by atoms with Crippen LogP contribution in [0.1, 0.15) is 50.8 Å². The maximum atomic E-state index is 14.7. The summed E-state index contributed by atoms with van der Waals surface area (Å²) in [6, 6.07) is 1.18. The average Bonchev–Trinajstić information content (AvgIpc) is 3.09. The Balaban J connectivity index is 1.84. The van der Waals surface area contributed by atoms with Crippen molar-refractivity contribution in [1.29, 1.82) is 0 Å². The highest BCUT2D eigenvalue weighted by molar-refractivity contribution is 5.77. The van der Waals surface area contributed by atoms with Gasteiger partial charge in [0.15, 0.2) is 11.4 Å². The molecule has 0 radical (unpaired) electrons. The van der Waals surface area contributed by atoms with Gasteiger partial charge in [-0.3, -0.25) is 0 Å². The van der Waals surface area contributed by atoms with Crippen molar-refractivity contribution in [3.63, 3.8) is 0 Å². The number of benzene rings is 1. The Hall–Kier alpha value is -2.44. The fraction of sp³-hybridized carbons (Fsp3) is 0.500. The molecule has 1 aromatic heterocycles. The van der Waals surface area contributed by atoms with Crippen molar-refractivity contribution in [3.8, 4) is 0 Å². The number of amides is 1. The molecule has 0 aliphatic heterocycles. The lowest BCUT2D eigenvalue weighted by Gasteiger charge is -2.20. The molecular formula is C18H21FN2O4. The standard InChI is InChI=1S/C18H21FN2O4/c1-9(20-17(23)25-18(2,3)4)16-21-13-7-11-5-10(8-22)6-12(11)14(19)15(13)24-16/h7-10H,5-6H2,1-4H3,(H,20,23)/t9-,10?/m1/s1. The monoisotopic (exact) mass is 348 g/mol. The largest absolute Gasteiger partial charge is 0.444 e. The van der Waals surface area contributed by atoms with E-state index in [0.29, 0.717) is 23.9 Å². The highest BCUT2D eigenvalue weighted by atomic mass is 19.1. The zero-order valence-electron chi connectivity index (χ0n) is 14.7. The lowest BCUT2D eigenvalue weighted by molar-refractivity contribution is -0.110. The summed E-state index contributed by atoms with van der Waals surface area (Å²) in [5.74, 6) is -0.460. The van der Waals surface area contributed by atoms with Crippen LogP contribution in [0.4, 0.5) is 9.18 Å². The Kier molecular flexibility index (Phi) is 4.26. The summed E-state index contributed by atoms with van der Waals surface area (Å²) in [6.45, 7) is 6.98. The quantitative estimate of drug-likeness (QED) is 0.859. The van der Waals surface area contributed by atoms with E-state index in [2.05, 4.69) is 10.3 Å². The van der Waals surface area contributed by atoms with Crippen molar-refractivity contribution in [2.75, 3.05) is 0 Å². The van der Waals surface area contributed by atoms with Crippen LogP contribution in [0, 0.1) is 11.7 Å². The molecule has 0 spiro atoms. The number of carbonyl (C=O) groups is 2. The molecule has 25 heavy (non-hydrogen) atoms. The number of rotatable bonds is 3. The van der Waals surface area contributed by atoms with Crippen molar-refractivity contribution in [2.24, 2.45) is 5.92 Å². The Bertz CT molecular complexity index is 838. The molecule has 1 unspecified atom stereocenters. The zero-order valence-corrected chi connectivity index (χ0v) is 14.7. The van der Waals surface area contributed by atoms with E-state index in [0.717, 1.165) is 11.8 Å². The van der Waals surface area contributed by atoms with E-state index in [1.165, 1.54) is 0 Å². The van der Waals surface area contributed by atoms with Gasteiger partial charge < -0.3 is 19.3 Å². The number of carbonyl (C=O) groups excluding carboxylic acids is 2. The van der Waals surface area contributed by atoms with Crippen LogP contribution in [0.15, 0.2) is 10.5 Å². The van der Waals surface area contributed by atoms with E-state index in [1.54, 1.807) is 33.8 Å². The minimum Gasteiger partial charge on any atom is -0.444 e. The third kappa shape index (κ3) is 3.50. The Labute approximate surface area is 144 Å². The molecule has 1 amide bonds. The first-order valence-electron chi connectivity index (χ1n) is 8.23. The number of ether oxygens (including phenoxy) is 1. The van der Waals surface area contributed by atoms with E-state index in [1.807, 2.05) is 0 Å². The van der Waals surface area contributed by atoms with Crippen LogP contribution in [-0.4, -0.2) is 23.0 Å². The van der Waals surface area contributed by atoms with E-state index in [4.69, 9.17) is 9.15 Å². The molecule has 1 aromatic carbocycles. The van der Waals surface area contributed by atoms with Gasteiger partial charge in [-0.25, -0.2) is 14.2 Å². The van der Waals surface area contributed by atoms with Crippen LogP contribution >= 0.6 is 0 Å². The fourth-order valence-electron chi connectivity index (χ4n) is 2.98. The SMILES string of the molecule is C[C@@H](NC(=O)OC(C)(C)C)c1nc2cc3c(c(F)c2o1)CC(C=O)C3. The van der Waals surface area contributed by atoms with Crippen molar-refractivity contribution in [2.45, 2.75) is 52.2 Å². The third-order valence-corrected chi connectivity index (χ3v) is 4.08. The van der Waals surface area contributed by atoms with Crippen LogP contribution in [0.25, 0.3) is 11.1 Å². The molecule has 2 atom stereocenters. The maximum Gasteiger partial charge on any atom is 0.408 e. The Morgan fingerprint density at radius 2 is 2.20 bits per heavy atom. The number of nitrogens with one attached hydrogen (secondary N) is 1. The normalized spacial score (nSPS) is 18.0. The molecule has 6 nitrogen and oxygen atoms in total. The summed E-state index contributed by atoms with van der Waals surface area (Å²) in [6.07, 6.45) is 1.15. The first-order chi connectivity index (χ1) is 11.7. The van der Waals surface area contributed by atoms with Crippen LogP contribution in [0.3, 0.4) is 0 Å². The minimum absolute atomic E-state index is 0.0538. The number of fused-ring (bicyclic) bond motifs is 2. The minimum atomic E-state index is -0.618. The van der Waals surface area contributed by atoms with Crippen LogP contribution in [0.2, 0.25) is 0 Å². The van der Waals surface area contributed by atoms with Gasteiger partial charge in [-0.2, -0.15) is 0 Å². The second kappa shape index (κ2) is 6.13. The highest BCUT2D eigenvalue weighted by Crippen LogP contribution is 2.34. The van der Waals surface area contributed by atoms with E-state index in [9.17, 15) is 14.0 Å². The molecular weight excluding hydrogens is 327 g/mol. The molecule has 1 heterocycles. The van der Waals surface area contributed by atoms with Crippen LogP contribution < -0.4 is 5.32 Å². The molecule has 0 saturated heterocycles. The molecule has 134 valence electrons. The summed E-state index contributed by atoms with van der Waals surface area (Å²) < 4.78 is 25.4. The van der Waals surface area contributed by atoms with Crippen molar-refractivity contribution < 1.29 is 23.1 Å². The van der Waals surface area contributed by atoms with Gasteiger partial charge in [0.05, 0.1) is 0 Å². The van der Waals surface area contributed by atoms with Gasteiger partial charge in [0.2, 0.25) is 5.89 Å². The molecule has 0 saturated carbocycles. The smallest absolute Gasteiger partial charge is 0.408 e. The number of alkyl carbamates (subject to hydrolysis) is 1. The van der Waals surface area contributed by atoms with Gasteiger partial charge in [-0.15, -0.1) is 0 Å². The summed E-state index contributed by atoms with van der Waals surface area (Å²) in [5, 5.41) is 2.62. The predicted octanol–water partition coefficient (Wildman–Crippen LogP) is 3.47. The predicted molar refractivity (Wildman–Crippen MR) is 88.7 cm³/mol. The summed E-state index contributed by atoms with van der Waals surface area (Å²) in [7, 11) is 0. The number of halogens is 1. The van der Waals surface area contributed by atoms with Crippen molar-refractivity contribution in [1.82, 2.24) is 10.3 Å². The first-order valence-corrected chi connectivity index (χ1v) is 8.23. The van der Waals surface area contributed by atoms with Gasteiger partial charge in [-0.05, 0) is 57.7 Å². The zero-order chi connectivity index (χ0) is 18.4. The van der Waals surface area contributed by atoms with Gasteiger partial charge in [0.1, 0.15) is 23.4 Å². The lowest BCUT2D eigenvalue weighted by atomic mass is 10.1. The maximum absolute atomic E-state index is 14.7. The molecule has 1 aliphatic rings. The van der Waals surface area contributed by atoms with Gasteiger partial charge in [0, 0.05) is 5.92 Å².